The summed E-state index contributed by atoms with van der Waals surface area (Å²) in [5, 5.41) is 3.80. The normalized spacial score (nSPS) is 12.7. The molecule has 0 aliphatic carbocycles. The third kappa shape index (κ3) is 2.94. The van der Waals surface area contributed by atoms with Gasteiger partial charge in [-0.3, -0.25) is 0 Å². The molecular formula is C13H17FN4O2. The first-order chi connectivity index (χ1) is 9.52. The predicted octanol–water partition coefficient (Wildman–Crippen LogP) is 1.45. The molecular weight excluding hydrogens is 263 g/mol. The Hall–Kier alpha value is -1.99. The van der Waals surface area contributed by atoms with Crippen molar-refractivity contribution >= 4 is 0 Å². The van der Waals surface area contributed by atoms with Gasteiger partial charge < -0.3 is 19.9 Å². The van der Waals surface area contributed by atoms with Gasteiger partial charge in [-0.15, -0.1) is 0 Å². The summed E-state index contributed by atoms with van der Waals surface area (Å²) in [5.41, 5.74) is 6.09. The van der Waals surface area contributed by atoms with Crippen molar-refractivity contribution in [2.24, 2.45) is 5.73 Å². The van der Waals surface area contributed by atoms with Gasteiger partial charge in [0, 0.05) is 6.54 Å². The lowest BCUT2D eigenvalue weighted by Crippen LogP contribution is -2.26. The molecule has 2 rings (SSSR count). The van der Waals surface area contributed by atoms with Gasteiger partial charge in [-0.2, -0.15) is 4.98 Å². The van der Waals surface area contributed by atoms with E-state index < -0.39 is 11.9 Å². The van der Waals surface area contributed by atoms with Crippen LogP contribution in [0.25, 0.3) is 11.5 Å². The van der Waals surface area contributed by atoms with E-state index in [1.165, 1.54) is 13.2 Å². The van der Waals surface area contributed by atoms with Crippen molar-refractivity contribution in [2.45, 2.75) is 6.04 Å². The van der Waals surface area contributed by atoms with Crippen LogP contribution in [0.3, 0.4) is 0 Å². The van der Waals surface area contributed by atoms with Gasteiger partial charge in [-0.25, -0.2) is 4.39 Å². The van der Waals surface area contributed by atoms with Crippen LogP contribution in [0.15, 0.2) is 22.7 Å². The number of halogens is 1. The highest BCUT2D eigenvalue weighted by Gasteiger charge is 2.21. The molecule has 1 aromatic heterocycles. The summed E-state index contributed by atoms with van der Waals surface area (Å²) < 4.78 is 24.1. The molecule has 1 unspecified atom stereocenters. The topological polar surface area (TPSA) is 77.4 Å². The number of hydrogen-bond acceptors (Lipinski definition) is 6. The second-order valence-electron chi connectivity index (χ2n) is 4.64. The number of nitrogens with two attached hydrogens (primary N) is 1. The SMILES string of the molecule is COc1cccc(F)c1-c1nc(C(N)CN(C)C)no1. The molecule has 0 bridgehead atoms. The highest BCUT2D eigenvalue weighted by Crippen LogP contribution is 2.31. The molecule has 0 spiro atoms. The molecule has 0 aliphatic rings. The summed E-state index contributed by atoms with van der Waals surface area (Å²) >= 11 is 0. The van der Waals surface area contributed by atoms with E-state index in [0.29, 0.717) is 18.1 Å². The first-order valence-electron chi connectivity index (χ1n) is 6.09. The highest BCUT2D eigenvalue weighted by molar-refractivity contribution is 5.63. The number of methoxy groups -OCH3 is 1. The summed E-state index contributed by atoms with van der Waals surface area (Å²) in [6, 6.07) is 4.08. The Balaban J connectivity index is 2.34. The maximum atomic E-state index is 13.9. The van der Waals surface area contributed by atoms with Crippen LogP contribution in [0.2, 0.25) is 0 Å². The minimum Gasteiger partial charge on any atom is -0.496 e. The monoisotopic (exact) mass is 280 g/mol. The summed E-state index contributed by atoms with van der Waals surface area (Å²) in [6.07, 6.45) is 0. The van der Waals surface area contributed by atoms with E-state index in [-0.39, 0.29) is 11.5 Å². The molecule has 0 amide bonds. The lowest BCUT2D eigenvalue weighted by Gasteiger charge is -2.12. The molecule has 7 heteroatoms. The van der Waals surface area contributed by atoms with E-state index in [1.807, 2.05) is 19.0 Å². The van der Waals surface area contributed by atoms with Crippen LogP contribution >= 0.6 is 0 Å². The van der Waals surface area contributed by atoms with E-state index in [4.69, 9.17) is 15.0 Å². The maximum absolute atomic E-state index is 13.9. The number of rotatable bonds is 5. The van der Waals surface area contributed by atoms with Crippen molar-refractivity contribution in [2.75, 3.05) is 27.7 Å². The highest BCUT2D eigenvalue weighted by atomic mass is 19.1. The van der Waals surface area contributed by atoms with E-state index in [9.17, 15) is 4.39 Å². The molecule has 20 heavy (non-hydrogen) atoms. The van der Waals surface area contributed by atoms with Gasteiger partial charge in [-0.1, -0.05) is 11.2 Å². The molecule has 0 saturated heterocycles. The molecule has 1 heterocycles. The van der Waals surface area contributed by atoms with Gasteiger partial charge in [0.05, 0.1) is 13.2 Å². The standard InChI is InChI=1S/C13H17FN4O2/c1-18(2)7-9(15)12-16-13(20-17-12)11-8(14)5-4-6-10(11)19-3/h4-6,9H,7,15H2,1-3H3. The fourth-order valence-corrected chi connectivity index (χ4v) is 1.84. The summed E-state index contributed by atoms with van der Waals surface area (Å²) in [7, 11) is 5.23. The minimum atomic E-state index is -0.485. The molecule has 1 aromatic carbocycles. The number of likely N-dealkylation sites (N-methyl/N-ethyl adjacent to an activating group) is 1. The molecule has 0 aliphatic heterocycles. The first-order valence-corrected chi connectivity index (χ1v) is 6.09. The second-order valence-corrected chi connectivity index (χ2v) is 4.64. The van der Waals surface area contributed by atoms with Crippen LogP contribution in [0.5, 0.6) is 5.75 Å². The van der Waals surface area contributed by atoms with Gasteiger partial charge in [0.25, 0.3) is 5.89 Å². The zero-order valence-corrected chi connectivity index (χ0v) is 11.6. The third-order valence-corrected chi connectivity index (χ3v) is 2.74. The number of benzene rings is 1. The van der Waals surface area contributed by atoms with E-state index in [1.54, 1.807) is 12.1 Å². The van der Waals surface area contributed by atoms with Crippen LogP contribution in [0.4, 0.5) is 4.39 Å². The molecule has 6 nitrogen and oxygen atoms in total. The summed E-state index contributed by atoms with van der Waals surface area (Å²) in [6.45, 7) is 0.563. The predicted molar refractivity (Wildman–Crippen MR) is 71.7 cm³/mol. The molecule has 0 radical (unpaired) electrons. The fourth-order valence-electron chi connectivity index (χ4n) is 1.84. The molecule has 1 atom stereocenters. The average Bonchev–Trinajstić information content (AvgIpc) is 2.86. The Morgan fingerprint density at radius 2 is 2.20 bits per heavy atom. The Morgan fingerprint density at radius 1 is 1.45 bits per heavy atom. The summed E-state index contributed by atoms with van der Waals surface area (Å²) in [4.78, 5) is 6.06. The summed E-state index contributed by atoms with van der Waals surface area (Å²) in [5.74, 6) is 0.241. The Morgan fingerprint density at radius 3 is 2.85 bits per heavy atom. The van der Waals surface area contributed by atoms with Gasteiger partial charge in [0.1, 0.15) is 17.1 Å². The lowest BCUT2D eigenvalue weighted by molar-refractivity contribution is 0.356. The Kier molecular flexibility index (Phi) is 4.31. The van der Waals surface area contributed by atoms with Crippen molar-refractivity contribution in [3.05, 3.63) is 29.8 Å². The molecule has 0 saturated carbocycles. The molecule has 2 N–H and O–H groups in total. The lowest BCUT2D eigenvalue weighted by atomic mass is 10.2. The van der Waals surface area contributed by atoms with Crippen LogP contribution < -0.4 is 10.5 Å². The fraction of sp³-hybridized carbons (Fsp3) is 0.385. The minimum absolute atomic E-state index is 0.0594. The number of nitrogens with zero attached hydrogens (tertiary/aromatic N) is 3. The van der Waals surface area contributed by atoms with Crippen molar-refractivity contribution in [1.82, 2.24) is 15.0 Å². The van der Waals surface area contributed by atoms with E-state index in [0.717, 1.165) is 0 Å². The van der Waals surface area contributed by atoms with Crippen molar-refractivity contribution in [3.8, 4) is 17.2 Å². The molecule has 2 aromatic rings. The number of aromatic nitrogens is 2. The van der Waals surface area contributed by atoms with Gasteiger partial charge in [-0.05, 0) is 26.2 Å². The zero-order valence-electron chi connectivity index (χ0n) is 11.6. The number of hydrogen-bond donors (Lipinski definition) is 1. The van der Waals surface area contributed by atoms with Crippen LogP contribution in [-0.2, 0) is 0 Å². The number of ether oxygens (including phenoxy) is 1. The van der Waals surface area contributed by atoms with E-state index in [2.05, 4.69) is 10.1 Å². The van der Waals surface area contributed by atoms with Crippen LogP contribution in [0.1, 0.15) is 11.9 Å². The van der Waals surface area contributed by atoms with Crippen LogP contribution in [0, 0.1) is 5.82 Å². The van der Waals surface area contributed by atoms with Gasteiger partial charge in [0.2, 0.25) is 0 Å². The largest absolute Gasteiger partial charge is 0.496 e. The third-order valence-electron chi connectivity index (χ3n) is 2.74. The molecule has 0 fully saturated rings. The second kappa shape index (κ2) is 5.98. The Bertz CT molecular complexity index is 586. The van der Waals surface area contributed by atoms with E-state index >= 15 is 0 Å². The van der Waals surface area contributed by atoms with Crippen molar-refractivity contribution < 1.29 is 13.7 Å². The van der Waals surface area contributed by atoms with Gasteiger partial charge >= 0.3 is 0 Å². The average molecular weight is 280 g/mol. The zero-order chi connectivity index (χ0) is 14.7. The Labute approximate surface area is 116 Å². The van der Waals surface area contributed by atoms with Crippen LogP contribution in [-0.4, -0.2) is 42.8 Å². The maximum Gasteiger partial charge on any atom is 0.264 e. The van der Waals surface area contributed by atoms with Crippen molar-refractivity contribution in [1.29, 1.82) is 0 Å². The first kappa shape index (κ1) is 14.4. The quantitative estimate of drug-likeness (QED) is 0.893. The molecule has 108 valence electrons. The smallest absolute Gasteiger partial charge is 0.264 e. The van der Waals surface area contributed by atoms with Gasteiger partial charge in [0.15, 0.2) is 5.82 Å². The van der Waals surface area contributed by atoms with Crippen molar-refractivity contribution in [3.63, 3.8) is 0 Å².